The first-order valence-corrected chi connectivity index (χ1v) is 12.3. The van der Waals surface area contributed by atoms with Crippen molar-refractivity contribution in [3.05, 3.63) is 53.0 Å². The Balaban J connectivity index is 1.93. The summed E-state index contributed by atoms with van der Waals surface area (Å²) in [4.78, 5) is 14.9. The van der Waals surface area contributed by atoms with Gasteiger partial charge in [-0.25, -0.2) is 8.42 Å². The number of benzene rings is 2. The fourth-order valence-electron chi connectivity index (χ4n) is 3.56. The van der Waals surface area contributed by atoms with Crippen LogP contribution in [0.25, 0.3) is 0 Å². The van der Waals surface area contributed by atoms with Crippen molar-refractivity contribution in [2.75, 3.05) is 30.5 Å². The largest absolute Gasteiger partial charge is 0.494 e. The van der Waals surface area contributed by atoms with Gasteiger partial charge < -0.3 is 9.64 Å². The summed E-state index contributed by atoms with van der Waals surface area (Å²) in [5.74, 6) is 0.888. The normalized spacial score (nSPS) is 16.9. The van der Waals surface area contributed by atoms with Crippen molar-refractivity contribution in [1.29, 1.82) is 0 Å². The Morgan fingerprint density at radius 1 is 1.17 bits per heavy atom. The van der Waals surface area contributed by atoms with E-state index in [0.29, 0.717) is 37.1 Å². The maximum Gasteiger partial charge on any atom is 0.264 e. The molecule has 30 heavy (non-hydrogen) atoms. The Morgan fingerprint density at radius 2 is 1.83 bits per heavy atom. The van der Waals surface area contributed by atoms with E-state index in [9.17, 15) is 13.2 Å². The SMILES string of the molecule is CCOc1ccc(N(CC(=O)N2CCC[C@H](C)C2)S(=O)(=O)c2ccc(Br)cc2)cc1. The second-order valence-electron chi connectivity index (χ2n) is 7.48. The molecular formula is C22H27BrN2O4S. The predicted molar refractivity (Wildman–Crippen MR) is 121 cm³/mol. The fourth-order valence-corrected chi connectivity index (χ4v) is 5.24. The number of ether oxygens (including phenoxy) is 1. The van der Waals surface area contributed by atoms with Crippen LogP contribution in [0.2, 0.25) is 0 Å². The smallest absolute Gasteiger partial charge is 0.264 e. The number of hydrogen-bond donors (Lipinski definition) is 0. The zero-order valence-electron chi connectivity index (χ0n) is 17.3. The molecule has 0 spiro atoms. The number of carbonyl (C=O) groups excluding carboxylic acids is 1. The number of amides is 1. The molecule has 0 radical (unpaired) electrons. The van der Waals surface area contributed by atoms with Crippen LogP contribution in [-0.2, 0) is 14.8 Å². The summed E-state index contributed by atoms with van der Waals surface area (Å²) in [6, 6.07) is 13.2. The van der Waals surface area contributed by atoms with Crippen LogP contribution in [0.15, 0.2) is 57.9 Å². The van der Waals surface area contributed by atoms with Gasteiger partial charge >= 0.3 is 0 Å². The standard InChI is InChI=1S/C22H27BrN2O4S/c1-3-29-20-10-8-19(9-11-20)25(16-22(26)24-14-4-5-17(2)15-24)30(27,28)21-12-6-18(23)7-13-21/h6-13,17H,3-5,14-16H2,1-2H3/t17-/m0/s1. The maximum absolute atomic E-state index is 13.4. The number of sulfonamides is 1. The van der Waals surface area contributed by atoms with E-state index in [0.717, 1.165) is 17.3 Å². The first-order valence-electron chi connectivity index (χ1n) is 10.1. The van der Waals surface area contributed by atoms with E-state index in [1.807, 2.05) is 6.92 Å². The summed E-state index contributed by atoms with van der Waals surface area (Å²) in [7, 11) is -3.92. The van der Waals surface area contributed by atoms with Crippen LogP contribution in [0.5, 0.6) is 5.75 Å². The van der Waals surface area contributed by atoms with Gasteiger partial charge in [-0.15, -0.1) is 0 Å². The van der Waals surface area contributed by atoms with E-state index in [-0.39, 0.29) is 17.3 Å². The van der Waals surface area contributed by atoms with Crippen molar-refractivity contribution in [2.24, 2.45) is 5.92 Å². The minimum absolute atomic E-state index is 0.138. The van der Waals surface area contributed by atoms with E-state index in [1.54, 1.807) is 41.3 Å². The lowest BCUT2D eigenvalue weighted by molar-refractivity contribution is -0.131. The quantitative estimate of drug-likeness (QED) is 0.575. The lowest BCUT2D eigenvalue weighted by atomic mass is 10.0. The van der Waals surface area contributed by atoms with Crippen molar-refractivity contribution < 1.29 is 17.9 Å². The number of rotatable bonds is 7. The third-order valence-corrected chi connectivity index (χ3v) is 7.44. The third kappa shape index (κ3) is 5.35. The Labute approximate surface area is 187 Å². The van der Waals surface area contributed by atoms with E-state index < -0.39 is 10.0 Å². The molecule has 0 bridgehead atoms. The van der Waals surface area contributed by atoms with Crippen molar-refractivity contribution in [3.63, 3.8) is 0 Å². The van der Waals surface area contributed by atoms with E-state index >= 15 is 0 Å². The third-order valence-electron chi connectivity index (χ3n) is 5.13. The second-order valence-corrected chi connectivity index (χ2v) is 10.3. The second kappa shape index (κ2) is 9.83. The number of piperidine rings is 1. The molecule has 2 aromatic rings. The molecule has 6 nitrogen and oxygen atoms in total. The maximum atomic E-state index is 13.4. The van der Waals surface area contributed by atoms with Gasteiger partial charge in [0, 0.05) is 17.6 Å². The molecule has 162 valence electrons. The minimum atomic E-state index is -3.92. The van der Waals surface area contributed by atoms with Crippen LogP contribution < -0.4 is 9.04 Å². The molecule has 1 heterocycles. The molecule has 0 aliphatic carbocycles. The van der Waals surface area contributed by atoms with Gasteiger partial charge in [0.25, 0.3) is 10.0 Å². The highest BCUT2D eigenvalue weighted by Crippen LogP contribution is 2.27. The summed E-state index contributed by atoms with van der Waals surface area (Å²) in [5.41, 5.74) is 0.430. The van der Waals surface area contributed by atoms with Crippen LogP contribution in [0.1, 0.15) is 26.7 Å². The van der Waals surface area contributed by atoms with Crippen LogP contribution >= 0.6 is 15.9 Å². The summed E-state index contributed by atoms with van der Waals surface area (Å²) in [6.45, 7) is 5.61. The van der Waals surface area contributed by atoms with E-state index in [4.69, 9.17) is 4.74 Å². The molecule has 3 rings (SSSR count). The molecule has 0 unspecified atom stereocenters. The zero-order chi connectivity index (χ0) is 21.7. The fraction of sp³-hybridized carbons (Fsp3) is 0.409. The average Bonchev–Trinajstić information content (AvgIpc) is 2.73. The number of carbonyl (C=O) groups is 1. The van der Waals surface area contributed by atoms with Gasteiger partial charge in [-0.3, -0.25) is 9.10 Å². The summed E-state index contributed by atoms with van der Waals surface area (Å²) >= 11 is 3.33. The monoisotopic (exact) mass is 494 g/mol. The molecular weight excluding hydrogens is 468 g/mol. The lowest BCUT2D eigenvalue weighted by Gasteiger charge is -2.33. The van der Waals surface area contributed by atoms with Crippen LogP contribution in [0.4, 0.5) is 5.69 Å². The molecule has 1 atom stereocenters. The molecule has 0 aromatic heterocycles. The van der Waals surface area contributed by atoms with Gasteiger partial charge in [-0.2, -0.15) is 0 Å². The Morgan fingerprint density at radius 3 is 2.43 bits per heavy atom. The number of hydrogen-bond acceptors (Lipinski definition) is 4. The predicted octanol–water partition coefficient (Wildman–Crippen LogP) is 4.30. The summed E-state index contributed by atoms with van der Waals surface area (Å²) in [5, 5.41) is 0. The minimum Gasteiger partial charge on any atom is -0.494 e. The molecule has 2 aromatic carbocycles. The Bertz CT molecular complexity index is 962. The van der Waals surface area contributed by atoms with Gasteiger partial charge in [-0.1, -0.05) is 22.9 Å². The highest BCUT2D eigenvalue weighted by molar-refractivity contribution is 9.10. The molecule has 0 N–H and O–H groups in total. The van der Waals surface area contributed by atoms with Crippen LogP contribution in [-0.4, -0.2) is 45.5 Å². The van der Waals surface area contributed by atoms with E-state index in [1.165, 1.54) is 16.4 Å². The number of anilines is 1. The topological polar surface area (TPSA) is 66.9 Å². The Kier molecular flexibility index (Phi) is 7.41. The number of nitrogens with zero attached hydrogens (tertiary/aromatic N) is 2. The molecule has 0 saturated carbocycles. The average molecular weight is 495 g/mol. The lowest BCUT2D eigenvalue weighted by Crippen LogP contribution is -2.46. The van der Waals surface area contributed by atoms with Gasteiger partial charge in [0.1, 0.15) is 12.3 Å². The molecule has 1 aliphatic rings. The Hall–Kier alpha value is -2.06. The molecule has 1 saturated heterocycles. The molecule has 8 heteroatoms. The first-order chi connectivity index (χ1) is 14.3. The van der Waals surface area contributed by atoms with Crippen molar-refractivity contribution in [2.45, 2.75) is 31.6 Å². The summed E-state index contributed by atoms with van der Waals surface area (Å²) < 4.78 is 34.3. The van der Waals surface area contributed by atoms with Gasteiger partial charge in [0.15, 0.2) is 0 Å². The number of likely N-dealkylation sites (tertiary alicyclic amines) is 1. The van der Waals surface area contributed by atoms with Gasteiger partial charge in [-0.05, 0) is 74.2 Å². The molecule has 1 fully saturated rings. The summed E-state index contributed by atoms with van der Waals surface area (Å²) in [6.07, 6.45) is 2.03. The molecule has 1 aliphatic heterocycles. The van der Waals surface area contributed by atoms with Crippen molar-refractivity contribution in [1.82, 2.24) is 4.90 Å². The molecule has 1 amide bonds. The van der Waals surface area contributed by atoms with Crippen LogP contribution in [0.3, 0.4) is 0 Å². The first kappa shape index (κ1) is 22.6. The highest BCUT2D eigenvalue weighted by Gasteiger charge is 2.30. The van der Waals surface area contributed by atoms with Gasteiger partial charge in [0.2, 0.25) is 5.91 Å². The van der Waals surface area contributed by atoms with Crippen molar-refractivity contribution in [3.8, 4) is 5.75 Å². The van der Waals surface area contributed by atoms with Gasteiger partial charge in [0.05, 0.1) is 17.2 Å². The highest BCUT2D eigenvalue weighted by atomic mass is 79.9. The van der Waals surface area contributed by atoms with Crippen LogP contribution in [0, 0.1) is 5.92 Å². The van der Waals surface area contributed by atoms with Crippen molar-refractivity contribution >= 4 is 37.5 Å². The van der Waals surface area contributed by atoms with E-state index in [2.05, 4.69) is 22.9 Å². The number of halogens is 1. The zero-order valence-corrected chi connectivity index (χ0v) is 19.7.